The third-order valence-electron chi connectivity index (χ3n) is 4.97. The van der Waals surface area contributed by atoms with Gasteiger partial charge >= 0.3 is 0 Å². The molecule has 2 fully saturated rings. The molecule has 0 spiro atoms. The van der Waals surface area contributed by atoms with Gasteiger partial charge in [0.25, 0.3) is 0 Å². The zero-order valence-electron chi connectivity index (χ0n) is 7.98. The lowest BCUT2D eigenvalue weighted by atomic mass is 9.67. The van der Waals surface area contributed by atoms with Crippen LogP contribution in [0, 0.1) is 29.6 Å². The maximum atomic E-state index is 4.29. The average Bonchev–Trinajstić information content (AvgIpc) is 2.20. The second-order valence-corrected chi connectivity index (χ2v) is 5.31. The first kappa shape index (κ1) is 7.64. The molecule has 0 saturated heterocycles. The van der Waals surface area contributed by atoms with Crippen LogP contribution in [0.5, 0.6) is 0 Å². The molecule has 0 aromatic carbocycles. The van der Waals surface area contributed by atoms with Gasteiger partial charge in [-0.1, -0.05) is 20.8 Å². The summed E-state index contributed by atoms with van der Waals surface area (Å²) in [5, 5.41) is 0. The fourth-order valence-electron chi connectivity index (χ4n) is 3.37. The second kappa shape index (κ2) is 1.84. The maximum absolute atomic E-state index is 4.29. The Morgan fingerprint density at radius 2 is 1.91 bits per heavy atom. The molecule has 0 heteroatoms. The third-order valence-corrected chi connectivity index (χ3v) is 4.97. The quantitative estimate of drug-likeness (QED) is 0.498. The molecule has 0 heterocycles. The zero-order chi connectivity index (χ0) is 8.28. The molecule has 63 valence electrons. The molecular weight excluding hydrogens is 132 g/mol. The minimum atomic E-state index is 0.553. The van der Waals surface area contributed by atoms with Crippen LogP contribution in [0.2, 0.25) is 0 Å². The molecule has 0 amide bonds. The number of rotatable bonds is 0. The van der Waals surface area contributed by atoms with E-state index in [1.807, 2.05) is 0 Å². The van der Waals surface area contributed by atoms with Gasteiger partial charge in [0.1, 0.15) is 0 Å². The van der Waals surface area contributed by atoms with Gasteiger partial charge in [-0.25, -0.2) is 0 Å². The normalized spacial score (nSPS) is 53.5. The third kappa shape index (κ3) is 0.666. The van der Waals surface area contributed by atoms with Gasteiger partial charge in [-0.05, 0) is 48.9 Å². The predicted octanol–water partition coefficient (Wildman–Crippen LogP) is 3.28. The minimum Gasteiger partial charge on any atom is -0.0591 e. The van der Waals surface area contributed by atoms with Crippen molar-refractivity contribution in [2.45, 2.75) is 40.0 Å². The van der Waals surface area contributed by atoms with Crippen molar-refractivity contribution < 1.29 is 0 Å². The molecule has 0 aliphatic heterocycles. The molecule has 2 bridgehead atoms. The van der Waals surface area contributed by atoms with Crippen molar-refractivity contribution in [2.75, 3.05) is 0 Å². The molecule has 0 nitrogen and oxygen atoms in total. The second-order valence-electron chi connectivity index (χ2n) is 5.31. The smallest absolute Gasteiger partial charge is 0.0243 e. The van der Waals surface area contributed by atoms with Gasteiger partial charge in [-0.2, -0.15) is 0 Å². The van der Waals surface area contributed by atoms with Gasteiger partial charge in [-0.3, -0.25) is 0 Å². The monoisotopic (exact) mass is 151 g/mol. The lowest BCUT2D eigenvalue weighted by Crippen LogP contribution is -2.30. The Balaban J connectivity index is 2.40. The lowest BCUT2D eigenvalue weighted by Gasteiger charge is -2.37. The minimum absolute atomic E-state index is 0.553. The van der Waals surface area contributed by atoms with Crippen LogP contribution in [0.3, 0.4) is 0 Å². The van der Waals surface area contributed by atoms with Crippen molar-refractivity contribution in [1.29, 1.82) is 0 Å². The summed E-state index contributed by atoms with van der Waals surface area (Å²) in [5.41, 5.74) is 1.12. The van der Waals surface area contributed by atoms with E-state index in [2.05, 4.69) is 27.7 Å². The summed E-state index contributed by atoms with van der Waals surface area (Å²) in [6.07, 6.45) is 4.25. The molecule has 0 N–H and O–H groups in total. The van der Waals surface area contributed by atoms with Crippen molar-refractivity contribution in [3.63, 3.8) is 0 Å². The van der Waals surface area contributed by atoms with Crippen LogP contribution in [-0.2, 0) is 0 Å². The van der Waals surface area contributed by atoms with Crippen molar-refractivity contribution in [2.24, 2.45) is 22.7 Å². The molecule has 11 heavy (non-hydrogen) atoms. The van der Waals surface area contributed by atoms with E-state index in [-0.39, 0.29) is 0 Å². The first-order valence-corrected chi connectivity index (χ1v) is 4.81. The molecule has 1 unspecified atom stereocenters. The van der Waals surface area contributed by atoms with Crippen LogP contribution in [0.1, 0.15) is 40.0 Å². The summed E-state index contributed by atoms with van der Waals surface area (Å²) in [6.45, 7) is 11.6. The standard InChI is InChI=1S/C11H19/c1-8-7-9-5-6-11(8,4)10(9,2)3/h8-9H,1,5-7H2,2-4H3/t8?,9-,11-/m1/s1. The van der Waals surface area contributed by atoms with E-state index in [1.54, 1.807) is 0 Å². The maximum Gasteiger partial charge on any atom is -0.0243 e. The summed E-state index contributed by atoms with van der Waals surface area (Å²) in [4.78, 5) is 0. The highest BCUT2D eigenvalue weighted by Crippen LogP contribution is 2.67. The number of hydrogen-bond acceptors (Lipinski definition) is 0. The van der Waals surface area contributed by atoms with Crippen LogP contribution in [0.25, 0.3) is 0 Å². The van der Waals surface area contributed by atoms with Gasteiger partial charge in [-0.15, -0.1) is 0 Å². The fourth-order valence-corrected chi connectivity index (χ4v) is 3.37. The van der Waals surface area contributed by atoms with E-state index in [0.29, 0.717) is 10.8 Å². The van der Waals surface area contributed by atoms with E-state index in [1.165, 1.54) is 19.3 Å². The Kier molecular flexibility index (Phi) is 1.28. The van der Waals surface area contributed by atoms with E-state index >= 15 is 0 Å². The Hall–Kier alpha value is 0. The van der Waals surface area contributed by atoms with Crippen molar-refractivity contribution >= 4 is 0 Å². The molecule has 2 rings (SSSR count). The van der Waals surface area contributed by atoms with Gasteiger partial charge in [0.2, 0.25) is 0 Å². The Morgan fingerprint density at radius 1 is 1.27 bits per heavy atom. The number of hydrogen-bond donors (Lipinski definition) is 0. The van der Waals surface area contributed by atoms with Crippen molar-refractivity contribution in [3.05, 3.63) is 6.92 Å². The van der Waals surface area contributed by atoms with Crippen molar-refractivity contribution in [3.8, 4) is 0 Å². The summed E-state index contributed by atoms with van der Waals surface area (Å²) in [5.74, 6) is 1.69. The predicted molar refractivity (Wildman–Crippen MR) is 48.1 cm³/mol. The first-order valence-electron chi connectivity index (χ1n) is 4.81. The average molecular weight is 151 g/mol. The van der Waals surface area contributed by atoms with Gasteiger partial charge < -0.3 is 0 Å². The van der Waals surface area contributed by atoms with Gasteiger partial charge in [0.05, 0.1) is 0 Å². The Bertz CT molecular complexity index is 180. The Morgan fingerprint density at radius 3 is 2.09 bits per heavy atom. The summed E-state index contributed by atoms with van der Waals surface area (Å²) in [6, 6.07) is 0. The molecule has 2 saturated carbocycles. The lowest BCUT2D eigenvalue weighted by molar-refractivity contribution is 0.123. The van der Waals surface area contributed by atoms with E-state index in [9.17, 15) is 0 Å². The van der Waals surface area contributed by atoms with Crippen LogP contribution >= 0.6 is 0 Å². The number of fused-ring (bicyclic) bond motifs is 2. The highest BCUT2D eigenvalue weighted by atomic mass is 14.6. The SMILES string of the molecule is [CH2]C1C[C@H]2CC[C@@]1(C)C2(C)C. The van der Waals surface area contributed by atoms with Crippen LogP contribution in [0.15, 0.2) is 0 Å². The Labute approximate surface area is 70.4 Å². The molecule has 2 aliphatic carbocycles. The highest BCUT2D eigenvalue weighted by Gasteiger charge is 2.59. The summed E-state index contributed by atoms with van der Waals surface area (Å²) < 4.78 is 0. The van der Waals surface area contributed by atoms with E-state index in [0.717, 1.165) is 11.8 Å². The fraction of sp³-hybridized carbons (Fsp3) is 0.909. The molecule has 0 aromatic heterocycles. The topological polar surface area (TPSA) is 0 Å². The molecule has 1 radical (unpaired) electrons. The highest BCUT2D eigenvalue weighted by molar-refractivity contribution is 5.10. The molecule has 2 aliphatic rings. The molecule has 0 aromatic rings. The van der Waals surface area contributed by atoms with Gasteiger partial charge in [0.15, 0.2) is 0 Å². The zero-order valence-corrected chi connectivity index (χ0v) is 7.98. The van der Waals surface area contributed by atoms with Crippen LogP contribution < -0.4 is 0 Å². The van der Waals surface area contributed by atoms with E-state index in [4.69, 9.17) is 0 Å². The first-order chi connectivity index (χ1) is 4.98. The van der Waals surface area contributed by atoms with Crippen LogP contribution in [-0.4, -0.2) is 0 Å². The van der Waals surface area contributed by atoms with E-state index < -0.39 is 0 Å². The van der Waals surface area contributed by atoms with Gasteiger partial charge in [0, 0.05) is 0 Å². The van der Waals surface area contributed by atoms with Crippen LogP contribution in [0.4, 0.5) is 0 Å². The largest absolute Gasteiger partial charge is 0.0591 e. The summed E-state index contributed by atoms with van der Waals surface area (Å²) in [7, 11) is 0. The summed E-state index contributed by atoms with van der Waals surface area (Å²) >= 11 is 0. The van der Waals surface area contributed by atoms with Crippen molar-refractivity contribution in [1.82, 2.24) is 0 Å². The molecular formula is C11H19. The molecule has 3 atom stereocenters.